The van der Waals surface area contributed by atoms with E-state index in [4.69, 9.17) is 4.74 Å². The smallest absolute Gasteiger partial charge is 0.253 e. The first-order valence-corrected chi connectivity index (χ1v) is 11.2. The second-order valence-corrected chi connectivity index (χ2v) is 8.21. The van der Waals surface area contributed by atoms with Crippen LogP contribution in [0.15, 0.2) is 48.1 Å². The minimum atomic E-state index is -0.319. The molecule has 1 aliphatic rings. The standard InChI is InChI=1S/C22H24BN4O3S/c1-23-27-9-8-17(13-27)21(29)24-12-20(28)26-22-25-18(14-31-22)15-5-4-6-16(11-15)19-7-2-3-10-30-19/h4-6,8-9,11,13-14,19H,2-3,7,10,12H2,1H3,(H,24,29)(H,25,26,28). The molecule has 1 unspecified atom stereocenters. The van der Waals surface area contributed by atoms with Crippen LogP contribution < -0.4 is 10.6 Å². The molecule has 3 aromatic rings. The van der Waals surface area contributed by atoms with Crippen LogP contribution in [0.5, 0.6) is 0 Å². The number of nitrogens with one attached hydrogen (secondary N) is 2. The van der Waals surface area contributed by atoms with Crippen LogP contribution in [0.4, 0.5) is 5.13 Å². The molecule has 9 heteroatoms. The van der Waals surface area contributed by atoms with Crippen molar-refractivity contribution in [1.82, 2.24) is 14.8 Å². The number of amides is 2. The second-order valence-electron chi connectivity index (χ2n) is 7.36. The summed E-state index contributed by atoms with van der Waals surface area (Å²) in [5, 5.41) is 7.79. The lowest BCUT2D eigenvalue weighted by molar-refractivity contribution is -0.115. The Kier molecular flexibility index (Phi) is 6.84. The highest BCUT2D eigenvalue weighted by atomic mass is 32.1. The molecule has 2 amide bonds. The number of thiazole rings is 1. The molecule has 1 radical (unpaired) electrons. The molecule has 4 rings (SSSR count). The maximum absolute atomic E-state index is 12.2. The maximum atomic E-state index is 12.2. The molecule has 2 aromatic heterocycles. The average molecular weight is 435 g/mol. The summed E-state index contributed by atoms with van der Waals surface area (Å²) in [5.74, 6) is -0.614. The van der Waals surface area contributed by atoms with Crippen LogP contribution in [0.2, 0.25) is 6.82 Å². The van der Waals surface area contributed by atoms with Gasteiger partial charge in [0.05, 0.1) is 23.9 Å². The topological polar surface area (TPSA) is 85.3 Å². The highest BCUT2D eigenvalue weighted by Crippen LogP contribution is 2.31. The zero-order chi connectivity index (χ0) is 21.6. The number of hydrogen-bond donors (Lipinski definition) is 2. The Bertz CT molecular complexity index is 1060. The van der Waals surface area contributed by atoms with Crippen LogP contribution in [0, 0.1) is 0 Å². The van der Waals surface area contributed by atoms with E-state index < -0.39 is 0 Å². The van der Waals surface area contributed by atoms with Gasteiger partial charge < -0.3 is 19.8 Å². The monoisotopic (exact) mass is 435 g/mol. The molecule has 1 aliphatic heterocycles. The molecule has 0 saturated carbocycles. The van der Waals surface area contributed by atoms with Crippen molar-refractivity contribution in [2.45, 2.75) is 32.2 Å². The normalized spacial score (nSPS) is 16.0. The molecule has 159 valence electrons. The molecule has 0 bridgehead atoms. The fourth-order valence-electron chi connectivity index (χ4n) is 3.50. The summed E-state index contributed by atoms with van der Waals surface area (Å²) in [4.78, 5) is 28.9. The Hall–Kier alpha value is -2.91. The molecule has 0 aliphatic carbocycles. The molecule has 1 fully saturated rings. The summed E-state index contributed by atoms with van der Waals surface area (Å²) in [5.41, 5.74) is 3.46. The maximum Gasteiger partial charge on any atom is 0.253 e. The fourth-order valence-corrected chi connectivity index (χ4v) is 4.24. The molecule has 7 nitrogen and oxygen atoms in total. The van der Waals surface area contributed by atoms with Crippen LogP contribution in [0.3, 0.4) is 0 Å². The number of anilines is 1. The minimum absolute atomic E-state index is 0.122. The predicted octanol–water partition coefficient (Wildman–Crippen LogP) is 3.74. The average Bonchev–Trinajstić information content (AvgIpc) is 3.48. The van der Waals surface area contributed by atoms with Gasteiger partial charge in [-0.15, -0.1) is 11.3 Å². The van der Waals surface area contributed by atoms with E-state index in [0.717, 1.165) is 36.3 Å². The molecule has 31 heavy (non-hydrogen) atoms. The van der Waals surface area contributed by atoms with Crippen molar-refractivity contribution >= 4 is 35.7 Å². The third kappa shape index (κ3) is 5.42. The van der Waals surface area contributed by atoms with Crippen LogP contribution in [0.25, 0.3) is 11.3 Å². The fraction of sp³-hybridized carbons (Fsp3) is 0.318. The first-order chi connectivity index (χ1) is 15.1. The number of benzene rings is 1. The Balaban J connectivity index is 1.33. The van der Waals surface area contributed by atoms with E-state index >= 15 is 0 Å². The van der Waals surface area contributed by atoms with Crippen molar-refractivity contribution in [3.8, 4) is 11.3 Å². The predicted molar refractivity (Wildman–Crippen MR) is 123 cm³/mol. The van der Waals surface area contributed by atoms with Crippen molar-refractivity contribution < 1.29 is 14.3 Å². The SMILES string of the molecule is C[B]n1ccc(C(=O)NCC(=O)Nc2nc(-c3cccc(C4CCCCO4)c3)cs2)c1. The lowest BCUT2D eigenvalue weighted by Gasteiger charge is -2.23. The molecule has 3 heterocycles. The Morgan fingerprint density at radius 2 is 2.23 bits per heavy atom. The summed E-state index contributed by atoms with van der Waals surface area (Å²) in [6.07, 6.45) is 6.96. The van der Waals surface area contributed by atoms with Gasteiger partial charge in [0.25, 0.3) is 5.91 Å². The van der Waals surface area contributed by atoms with E-state index in [2.05, 4.69) is 27.8 Å². The van der Waals surface area contributed by atoms with Crippen LogP contribution in [-0.2, 0) is 9.53 Å². The highest BCUT2D eigenvalue weighted by molar-refractivity contribution is 7.14. The van der Waals surface area contributed by atoms with Gasteiger partial charge in [0.1, 0.15) is 0 Å². The molecule has 2 N–H and O–H groups in total. The zero-order valence-corrected chi connectivity index (χ0v) is 18.2. The van der Waals surface area contributed by atoms with Crippen molar-refractivity contribution in [3.05, 3.63) is 59.2 Å². The van der Waals surface area contributed by atoms with Crippen LogP contribution in [-0.4, -0.2) is 41.8 Å². The molecule has 1 aromatic carbocycles. The first-order valence-electron chi connectivity index (χ1n) is 10.3. The molecular weight excluding hydrogens is 411 g/mol. The summed E-state index contributed by atoms with van der Waals surface area (Å²) >= 11 is 1.36. The van der Waals surface area contributed by atoms with Crippen LogP contribution >= 0.6 is 11.3 Å². The number of carbonyl (C=O) groups excluding carboxylic acids is 2. The Labute approximate surface area is 186 Å². The summed E-state index contributed by atoms with van der Waals surface area (Å²) in [6, 6.07) is 9.92. The van der Waals surface area contributed by atoms with E-state index in [-0.39, 0.29) is 24.5 Å². The van der Waals surface area contributed by atoms with Gasteiger partial charge in [-0.25, -0.2) is 4.98 Å². The van der Waals surface area contributed by atoms with E-state index in [9.17, 15) is 9.59 Å². The summed E-state index contributed by atoms with van der Waals surface area (Å²) in [6.45, 7) is 2.56. The largest absolute Gasteiger partial charge is 0.402 e. The summed E-state index contributed by atoms with van der Waals surface area (Å²) < 4.78 is 7.67. The number of ether oxygens (including phenoxy) is 1. The van der Waals surface area contributed by atoms with E-state index in [1.54, 1.807) is 22.9 Å². The molecule has 1 saturated heterocycles. The van der Waals surface area contributed by atoms with E-state index in [1.165, 1.54) is 17.8 Å². The molecule has 0 spiro atoms. The molecular formula is C22H24BN4O3S. The quantitative estimate of drug-likeness (QED) is 0.554. The lowest BCUT2D eigenvalue weighted by atomic mass is 9.99. The number of hydrogen-bond acceptors (Lipinski definition) is 5. The van der Waals surface area contributed by atoms with Gasteiger partial charge >= 0.3 is 0 Å². The number of carbonyl (C=O) groups is 2. The van der Waals surface area contributed by atoms with Gasteiger partial charge in [0, 0.05) is 23.7 Å². The number of rotatable bonds is 7. The highest BCUT2D eigenvalue weighted by Gasteiger charge is 2.17. The Morgan fingerprint density at radius 1 is 1.32 bits per heavy atom. The summed E-state index contributed by atoms with van der Waals surface area (Å²) in [7, 11) is 1.83. The van der Waals surface area contributed by atoms with E-state index in [1.807, 2.05) is 31.8 Å². The zero-order valence-electron chi connectivity index (χ0n) is 17.3. The number of aromatic nitrogens is 2. The third-order valence-corrected chi connectivity index (χ3v) is 5.93. The van der Waals surface area contributed by atoms with Crippen molar-refractivity contribution in [2.24, 2.45) is 0 Å². The molecule has 1 atom stereocenters. The van der Waals surface area contributed by atoms with Gasteiger partial charge in [-0.2, -0.15) is 0 Å². The van der Waals surface area contributed by atoms with Gasteiger partial charge in [-0.3, -0.25) is 9.59 Å². The van der Waals surface area contributed by atoms with Crippen molar-refractivity contribution in [2.75, 3.05) is 18.5 Å². The van der Waals surface area contributed by atoms with E-state index in [0.29, 0.717) is 10.7 Å². The van der Waals surface area contributed by atoms with Crippen molar-refractivity contribution in [3.63, 3.8) is 0 Å². The Morgan fingerprint density at radius 3 is 3.00 bits per heavy atom. The lowest BCUT2D eigenvalue weighted by Crippen LogP contribution is -2.32. The van der Waals surface area contributed by atoms with Gasteiger partial charge in [-0.1, -0.05) is 25.0 Å². The van der Waals surface area contributed by atoms with Gasteiger partial charge in [0.2, 0.25) is 13.3 Å². The second kappa shape index (κ2) is 9.93. The van der Waals surface area contributed by atoms with Gasteiger partial charge in [-0.05, 0) is 43.2 Å². The third-order valence-electron chi connectivity index (χ3n) is 5.17. The number of nitrogens with zero attached hydrogens (tertiary/aromatic N) is 2. The van der Waals surface area contributed by atoms with Crippen molar-refractivity contribution in [1.29, 1.82) is 0 Å². The van der Waals surface area contributed by atoms with Crippen LogP contribution in [0.1, 0.15) is 41.3 Å². The van der Waals surface area contributed by atoms with Gasteiger partial charge in [0.15, 0.2) is 5.13 Å². The first kappa shape index (κ1) is 21.3. The minimum Gasteiger partial charge on any atom is -0.402 e.